The first-order valence-electron chi connectivity index (χ1n) is 35.2. The number of hydrogen-bond acceptors (Lipinski definition) is 12. The number of carbonyl (C=O) groups is 5. The van der Waals surface area contributed by atoms with Crippen molar-refractivity contribution in [3.8, 4) is 11.1 Å². The van der Waals surface area contributed by atoms with Gasteiger partial charge in [0.05, 0.1) is 34.3 Å². The fourth-order valence-electron chi connectivity index (χ4n) is 14.6. The van der Waals surface area contributed by atoms with Crippen LogP contribution in [0.15, 0.2) is 133 Å². The van der Waals surface area contributed by atoms with Crippen molar-refractivity contribution >= 4 is 46.7 Å². The van der Waals surface area contributed by atoms with Crippen LogP contribution in [0.4, 0.5) is 41.2 Å². The lowest BCUT2D eigenvalue weighted by atomic mass is 9.72. The van der Waals surface area contributed by atoms with Gasteiger partial charge in [-0.3, -0.25) is 29.4 Å². The molecule has 3 saturated heterocycles. The molecule has 0 bridgehead atoms. The second-order valence-corrected chi connectivity index (χ2v) is 29.1. The largest absolute Gasteiger partial charge is 0.446 e. The van der Waals surface area contributed by atoms with E-state index in [4.69, 9.17) is 14.2 Å². The third-order valence-corrected chi connectivity index (χ3v) is 21.9. The number of alkyl halides is 6. The number of carbonyl (C=O) groups excluding carboxylic acids is 5. The molecule has 5 aromatic carbocycles. The number of benzene rings is 5. The van der Waals surface area contributed by atoms with Crippen LogP contribution in [0.3, 0.4) is 0 Å². The van der Waals surface area contributed by atoms with Crippen LogP contribution >= 0.6 is 11.3 Å². The van der Waals surface area contributed by atoms with Gasteiger partial charge in [0, 0.05) is 108 Å². The third kappa shape index (κ3) is 19.3. The second-order valence-electron chi connectivity index (χ2n) is 27.9. The lowest BCUT2D eigenvalue weighted by Crippen LogP contribution is -2.50. The second kappa shape index (κ2) is 33.1. The van der Waals surface area contributed by atoms with Crippen molar-refractivity contribution in [2.45, 2.75) is 126 Å². The Kier molecular flexibility index (Phi) is 24.4. The van der Waals surface area contributed by atoms with Crippen LogP contribution in [0.5, 0.6) is 0 Å². The molecule has 1 N–H and O–H groups in total. The summed E-state index contributed by atoms with van der Waals surface area (Å²) in [6, 6.07) is 36.0. The normalized spacial score (nSPS) is 18.8. The number of piperidine rings is 2. The van der Waals surface area contributed by atoms with Gasteiger partial charge in [-0.2, -0.15) is 26.3 Å². The molecule has 5 aliphatic rings. The maximum absolute atomic E-state index is 14.3. The molecule has 16 nitrogen and oxygen atoms in total. The smallest absolute Gasteiger partial charge is 0.416 e. The molecule has 1 aromatic heterocycles. The van der Waals surface area contributed by atoms with Gasteiger partial charge in [-0.05, 0) is 167 Å². The first-order chi connectivity index (χ1) is 48.4. The third-order valence-electron chi connectivity index (χ3n) is 20.8. The minimum atomic E-state index is -5.15. The van der Waals surface area contributed by atoms with E-state index >= 15 is 0 Å². The molecule has 5 amide bonds. The Hall–Kier alpha value is -7.74. The Labute approximate surface area is 590 Å². The maximum atomic E-state index is 14.3. The van der Waals surface area contributed by atoms with Crippen molar-refractivity contribution in [3.05, 3.63) is 182 Å². The number of nitrogens with zero attached hydrogens (tertiary/aromatic N) is 7. The quantitative estimate of drug-likeness (QED) is 0.0353. The molecule has 24 heteroatoms. The Morgan fingerprint density at radius 2 is 1.34 bits per heavy atom. The van der Waals surface area contributed by atoms with Crippen molar-refractivity contribution in [2.24, 2.45) is 5.92 Å². The fourth-order valence-corrected chi connectivity index (χ4v) is 15.7. The zero-order valence-corrected chi connectivity index (χ0v) is 58.5. The summed E-state index contributed by atoms with van der Waals surface area (Å²) >= 11 is 1.52. The number of anilines is 1. The monoisotopic (exact) mass is 1420 g/mol. The molecular formula is C77H91F7N8O8S. The Bertz CT molecular complexity index is 3770. The van der Waals surface area contributed by atoms with E-state index in [0.717, 1.165) is 97.8 Å². The summed E-state index contributed by atoms with van der Waals surface area (Å²) in [5, 5.41) is 2.94. The van der Waals surface area contributed by atoms with Crippen LogP contribution in [0.1, 0.15) is 130 Å². The van der Waals surface area contributed by atoms with Crippen molar-refractivity contribution in [3.63, 3.8) is 0 Å². The minimum Gasteiger partial charge on any atom is -0.446 e. The first kappa shape index (κ1) is 74.4. The van der Waals surface area contributed by atoms with Gasteiger partial charge in [-0.1, -0.05) is 91.3 Å². The van der Waals surface area contributed by atoms with E-state index in [1.54, 1.807) is 23.9 Å². The number of amides is 5. The number of nitrogens with one attached hydrogen (secondary N) is 1. The van der Waals surface area contributed by atoms with Crippen LogP contribution < -0.4 is 5.32 Å². The van der Waals surface area contributed by atoms with E-state index in [1.807, 2.05) is 84.7 Å². The lowest BCUT2D eigenvalue weighted by molar-refractivity contribution is -0.143. The molecule has 11 rings (SSSR count). The predicted molar refractivity (Wildman–Crippen MR) is 372 cm³/mol. The van der Waals surface area contributed by atoms with Gasteiger partial charge in [0.1, 0.15) is 30.9 Å². The van der Waals surface area contributed by atoms with E-state index in [2.05, 4.69) is 38.2 Å². The molecule has 1 spiro atoms. The first-order valence-corrected chi connectivity index (χ1v) is 36.0. The highest BCUT2D eigenvalue weighted by Crippen LogP contribution is 2.49. The van der Waals surface area contributed by atoms with Crippen molar-refractivity contribution in [1.82, 2.24) is 34.3 Å². The topological polar surface area (TPSA) is 148 Å². The highest BCUT2D eigenvalue weighted by atomic mass is 32.1. The summed E-state index contributed by atoms with van der Waals surface area (Å²) in [5.41, 5.74) is -0.198. The summed E-state index contributed by atoms with van der Waals surface area (Å²) in [4.78, 5) is 82.5. The molecule has 4 heterocycles. The average Bonchev–Trinajstić information content (AvgIpc) is 1.61. The van der Waals surface area contributed by atoms with Crippen LogP contribution in [0, 0.1) is 11.7 Å². The number of para-hydroxylation sites is 1. The van der Waals surface area contributed by atoms with E-state index in [-0.39, 0.29) is 55.6 Å². The molecule has 0 unspecified atom stereocenters. The number of halogens is 7. The van der Waals surface area contributed by atoms with Gasteiger partial charge in [0.2, 0.25) is 11.8 Å². The number of fused-ring (bicyclic) bond motifs is 2. The number of ether oxygens (including phenoxy) is 3. The maximum Gasteiger partial charge on any atom is 0.416 e. The SMILES string of the molecule is CN(CCN1CCC(OC(=O)Nc2ccccc2-c2ccccc2)CC1)C(=O)CCCCCN(Cc1ccc(C(=O)N(C)CCCN(C)C(=O)CO[C@H]2Cc3ccccc3C23CCN(CC[C@@]2(c4ccc(F)cc4)CN(C(=O)c4cc(C(F)(F)F)cc(C(F)(F)F)c4)CO2)CC3)s1)CC1CC1. The van der Waals surface area contributed by atoms with E-state index < -0.39 is 64.6 Å². The highest BCUT2D eigenvalue weighted by molar-refractivity contribution is 7.14. The van der Waals surface area contributed by atoms with Crippen LogP contribution in [-0.4, -0.2) is 189 Å². The summed E-state index contributed by atoms with van der Waals surface area (Å²) in [5.74, 6) is -1.01. The molecule has 6 aromatic rings. The molecule has 101 heavy (non-hydrogen) atoms. The van der Waals surface area contributed by atoms with Gasteiger partial charge in [0.25, 0.3) is 11.8 Å². The number of rotatable bonds is 29. The Morgan fingerprint density at radius 3 is 2.05 bits per heavy atom. The molecule has 1 saturated carbocycles. The Morgan fingerprint density at radius 1 is 0.673 bits per heavy atom. The van der Waals surface area contributed by atoms with Crippen LogP contribution in [0.25, 0.3) is 11.1 Å². The highest BCUT2D eigenvalue weighted by Gasteiger charge is 2.50. The van der Waals surface area contributed by atoms with E-state index in [0.29, 0.717) is 106 Å². The van der Waals surface area contributed by atoms with Gasteiger partial charge in [-0.25, -0.2) is 9.18 Å². The fraction of sp³-hybridized carbons (Fsp3) is 0.494. The standard InChI is InChI=1S/C77H91F7N8O8S/c1-86(70(94)51-98-68-47-56-17-9-11-19-65(56)74(68)32-40-90(41-33-74)42-34-75(58-24-26-61(78)27-25-58)52-92(53-99-75)71(95)57-45-59(76(79,80)81)48-60(46-57)77(82,83)84)35-14-36-88(3)72(96)67-29-28-63(101-67)50-91(49-54-22-23-54)37-13-5-8-21-69(93)87(2)43-44-89-38-30-62(31-39-89)100-73(97)85-66-20-12-10-18-64(66)55-15-6-4-7-16-55/h4,6-7,9-12,15-20,24-29,45-46,48,54,62,68H,5,8,13-14,21-23,30-44,47,49-53H2,1-3H3,(H,85,97)/t68-,75-/m0/s1. The molecule has 4 fully saturated rings. The van der Waals surface area contributed by atoms with Crippen molar-refractivity contribution in [2.75, 3.05) is 118 Å². The zero-order valence-electron chi connectivity index (χ0n) is 57.7. The molecule has 542 valence electrons. The number of unbranched alkanes of at least 4 members (excludes halogenated alkanes) is 2. The molecule has 3 aliphatic heterocycles. The number of thiophene rings is 1. The summed E-state index contributed by atoms with van der Waals surface area (Å²) in [6.45, 7) is 7.40. The average molecular weight is 1420 g/mol. The van der Waals surface area contributed by atoms with Crippen molar-refractivity contribution in [1.29, 1.82) is 0 Å². The Balaban J connectivity index is 0.581. The summed E-state index contributed by atoms with van der Waals surface area (Å²) in [6.07, 6.45) is -1.26. The van der Waals surface area contributed by atoms with E-state index in [9.17, 15) is 54.7 Å². The van der Waals surface area contributed by atoms with Crippen LogP contribution in [0.2, 0.25) is 0 Å². The zero-order chi connectivity index (χ0) is 71.5. The predicted octanol–water partition coefficient (Wildman–Crippen LogP) is 13.8. The number of hydrogen-bond donors (Lipinski definition) is 1. The summed E-state index contributed by atoms with van der Waals surface area (Å²) in [7, 11) is 5.40. The molecule has 0 radical (unpaired) electrons. The molecular weight excluding hydrogens is 1330 g/mol. The molecule has 2 atom stereocenters. The molecule has 2 aliphatic carbocycles. The van der Waals surface area contributed by atoms with Gasteiger partial charge in [0.15, 0.2) is 0 Å². The van der Waals surface area contributed by atoms with Gasteiger partial charge < -0.3 is 43.6 Å². The minimum absolute atomic E-state index is 0.0248. The van der Waals surface area contributed by atoms with Gasteiger partial charge in [-0.15, -0.1) is 11.3 Å². The van der Waals surface area contributed by atoms with Gasteiger partial charge >= 0.3 is 18.4 Å². The number of likely N-dealkylation sites (N-methyl/N-ethyl adjacent to an activating group) is 2. The van der Waals surface area contributed by atoms with Crippen LogP contribution in [-0.2, 0) is 60.1 Å². The lowest BCUT2D eigenvalue weighted by Gasteiger charge is -2.44. The number of likely N-dealkylation sites (tertiary alicyclic amines) is 2. The van der Waals surface area contributed by atoms with Crippen molar-refractivity contribution < 1.29 is 68.9 Å². The van der Waals surface area contributed by atoms with E-state index in [1.165, 1.54) is 54.0 Å². The summed E-state index contributed by atoms with van der Waals surface area (Å²) < 4.78 is 116.